The van der Waals surface area contributed by atoms with E-state index in [9.17, 15) is 0 Å². The Morgan fingerprint density at radius 1 is 1.40 bits per heavy atom. The van der Waals surface area contributed by atoms with Gasteiger partial charge in [0.25, 0.3) is 0 Å². The van der Waals surface area contributed by atoms with E-state index in [1.807, 2.05) is 0 Å². The summed E-state index contributed by atoms with van der Waals surface area (Å²) >= 11 is 0. The summed E-state index contributed by atoms with van der Waals surface area (Å²) in [6.07, 6.45) is 0. The van der Waals surface area contributed by atoms with Gasteiger partial charge in [0.15, 0.2) is 0 Å². The van der Waals surface area contributed by atoms with Gasteiger partial charge in [0, 0.05) is 31.2 Å². The predicted molar refractivity (Wildman–Crippen MR) is 82.7 cm³/mol. The quantitative estimate of drug-likeness (QED) is 0.864. The first-order chi connectivity index (χ1) is 9.51. The topological polar surface area (TPSA) is 31.6 Å². The molecule has 0 aromatic carbocycles. The fraction of sp³-hybridized carbons (Fsp3) is 0.750. The molecule has 0 amide bonds. The molecule has 20 heavy (non-hydrogen) atoms. The highest BCUT2D eigenvalue weighted by molar-refractivity contribution is 5.21. The minimum atomic E-state index is 0.670. The van der Waals surface area contributed by atoms with E-state index in [2.05, 4.69) is 56.0 Å². The molecule has 1 N–H and O–H groups in total. The van der Waals surface area contributed by atoms with Crippen LogP contribution >= 0.6 is 0 Å². The van der Waals surface area contributed by atoms with E-state index in [4.69, 9.17) is 4.42 Å². The van der Waals surface area contributed by atoms with E-state index in [1.165, 1.54) is 12.1 Å². The van der Waals surface area contributed by atoms with E-state index in [0.29, 0.717) is 6.04 Å². The molecular formula is C16H29N3O. The lowest BCUT2D eigenvalue weighted by atomic mass is 10.1. The average molecular weight is 279 g/mol. The molecule has 1 aliphatic heterocycles. The molecule has 1 fully saturated rings. The first-order valence-electron chi connectivity index (χ1n) is 7.69. The lowest BCUT2D eigenvalue weighted by Gasteiger charge is -2.22. The van der Waals surface area contributed by atoms with Gasteiger partial charge in [-0.3, -0.25) is 4.90 Å². The highest BCUT2D eigenvalue weighted by Crippen LogP contribution is 2.24. The van der Waals surface area contributed by atoms with Crippen molar-refractivity contribution in [3.63, 3.8) is 0 Å². The Balaban J connectivity index is 1.95. The van der Waals surface area contributed by atoms with Crippen molar-refractivity contribution in [2.45, 2.75) is 39.9 Å². The molecule has 2 rings (SSSR count). The van der Waals surface area contributed by atoms with Crippen LogP contribution in [-0.4, -0.2) is 49.6 Å². The average Bonchev–Trinajstić information content (AvgIpc) is 2.91. The van der Waals surface area contributed by atoms with Crippen molar-refractivity contribution in [1.29, 1.82) is 0 Å². The molecule has 4 nitrogen and oxygen atoms in total. The number of nitrogens with zero attached hydrogens (tertiary/aromatic N) is 2. The molecule has 114 valence electrons. The maximum Gasteiger partial charge on any atom is 0.118 e. The van der Waals surface area contributed by atoms with Crippen molar-refractivity contribution in [3.05, 3.63) is 23.2 Å². The minimum Gasteiger partial charge on any atom is -0.465 e. The predicted octanol–water partition coefficient (Wildman–Crippen LogP) is 2.08. The van der Waals surface area contributed by atoms with Crippen LogP contribution in [0.1, 0.15) is 30.9 Å². The van der Waals surface area contributed by atoms with E-state index < -0.39 is 0 Å². The van der Waals surface area contributed by atoms with Crippen LogP contribution in [0, 0.1) is 12.8 Å². The van der Waals surface area contributed by atoms with Crippen molar-refractivity contribution >= 4 is 0 Å². The summed E-state index contributed by atoms with van der Waals surface area (Å²) in [7, 11) is 4.37. The number of hydrogen-bond acceptors (Lipinski definition) is 4. The van der Waals surface area contributed by atoms with Gasteiger partial charge in [-0.1, -0.05) is 13.8 Å². The number of rotatable bonds is 6. The third-order valence-corrected chi connectivity index (χ3v) is 4.33. The Morgan fingerprint density at radius 3 is 2.75 bits per heavy atom. The summed E-state index contributed by atoms with van der Waals surface area (Å²) in [4.78, 5) is 4.90. The van der Waals surface area contributed by atoms with Gasteiger partial charge in [-0.25, -0.2) is 0 Å². The summed E-state index contributed by atoms with van der Waals surface area (Å²) in [6, 6.07) is 2.88. The summed E-state index contributed by atoms with van der Waals surface area (Å²) < 4.78 is 5.83. The van der Waals surface area contributed by atoms with Gasteiger partial charge >= 0.3 is 0 Å². The summed E-state index contributed by atoms with van der Waals surface area (Å²) in [5, 5.41) is 3.31. The second-order valence-electron chi connectivity index (χ2n) is 6.28. The smallest absolute Gasteiger partial charge is 0.118 e. The van der Waals surface area contributed by atoms with Crippen molar-refractivity contribution in [1.82, 2.24) is 15.1 Å². The molecule has 0 aliphatic carbocycles. The maximum absolute atomic E-state index is 5.83. The number of likely N-dealkylation sites (N-methyl/N-ethyl adjacent to an activating group) is 1. The van der Waals surface area contributed by atoms with Gasteiger partial charge in [-0.2, -0.15) is 0 Å². The fourth-order valence-electron chi connectivity index (χ4n) is 3.17. The maximum atomic E-state index is 5.83. The largest absolute Gasteiger partial charge is 0.465 e. The molecule has 1 saturated heterocycles. The molecule has 2 heterocycles. The highest BCUT2D eigenvalue weighted by atomic mass is 16.3. The second-order valence-corrected chi connectivity index (χ2v) is 6.28. The van der Waals surface area contributed by atoms with Crippen LogP contribution in [0.25, 0.3) is 0 Å². The van der Waals surface area contributed by atoms with Gasteiger partial charge in [0.05, 0.1) is 6.54 Å². The van der Waals surface area contributed by atoms with Crippen LogP contribution in [0.3, 0.4) is 0 Å². The zero-order valence-corrected chi connectivity index (χ0v) is 13.6. The third-order valence-electron chi connectivity index (χ3n) is 4.33. The van der Waals surface area contributed by atoms with Crippen LogP contribution in [0.2, 0.25) is 0 Å². The molecule has 0 radical (unpaired) electrons. The van der Waals surface area contributed by atoms with Crippen LogP contribution in [-0.2, 0) is 13.1 Å². The van der Waals surface area contributed by atoms with Gasteiger partial charge in [-0.15, -0.1) is 0 Å². The zero-order chi connectivity index (χ0) is 14.7. The zero-order valence-electron chi connectivity index (χ0n) is 13.6. The van der Waals surface area contributed by atoms with E-state index in [0.717, 1.165) is 43.6 Å². The molecular weight excluding hydrogens is 250 g/mol. The summed E-state index contributed by atoms with van der Waals surface area (Å²) in [5.41, 5.74) is 1.34. The lowest BCUT2D eigenvalue weighted by molar-refractivity contribution is 0.250. The molecule has 1 aromatic rings. The van der Waals surface area contributed by atoms with Crippen LogP contribution in [0.4, 0.5) is 0 Å². The molecule has 2 unspecified atom stereocenters. The molecule has 0 saturated carbocycles. The number of hydrogen-bond donors (Lipinski definition) is 1. The van der Waals surface area contributed by atoms with Crippen LogP contribution < -0.4 is 5.32 Å². The van der Waals surface area contributed by atoms with Crippen molar-refractivity contribution in [2.24, 2.45) is 5.92 Å². The monoisotopic (exact) mass is 279 g/mol. The van der Waals surface area contributed by atoms with Crippen molar-refractivity contribution in [3.8, 4) is 0 Å². The minimum absolute atomic E-state index is 0.670. The Morgan fingerprint density at radius 2 is 2.15 bits per heavy atom. The number of nitrogens with one attached hydrogen (secondary N) is 1. The molecule has 0 spiro atoms. The first kappa shape index (κ1) is 15.5. The Hall–Kier alpha value is -0.840. The van der Waals surface area contributed by atoms with Crippen molar-refractivity contribution in [2.75, 3.05) is 33.7 Å². The standard InChI is InChI=1S/C16H29N3O/c1-6-17-8-15-7-14(13(3)20-15)10-19-9-12(2)16(11-19)18(4)5/h7,12,16-17H,6,8-11H2,1-5H3. The van der Waals surface area contributed by atoms with Gasteiger partial charge in [0.1, 0.15) is 11.5 Å². The molecule has 1 aliphatic rings. The van der Waals surface area contributed by atoms with Gasteiger partial charge in [-0.05, 0) is 39.5 Å². The Kier molecular flexibility index (Phi) is 5.24. The van der Waals surface area contributed by atoms with E-state index >= 15 is 0 Å². The Labute approximate surface area is 123 Å². The molecule has 4 heteroatoms. The SMILES string of the molecule is CCNCc1cc(CN2CC(C)C(N(C)C)C2)c(C)o1. The summed E-state index contributed by atoms with van der Waals surface area (Å²) in [5.74, 6) is 2.85. The third kappa shape index (κ3) is 3.62. The first-order valence-corrected chi connectivity index (χ1v) is 7.69. The number of furan rings is 1. The van der Waals surface area contributed by atoms with E-state index in [1.54, 1.807) is 0 Å². The fourth-order valence-corrected chi connectivity index (χ4v) is 3.17. The van der Waals surface area contributed by atoms with E-state index in [-0.39, 0.29) is 0 Å². The van der Waals surface area contributed by atoms with Crippen LogP contribution in [0.5, 0.6) is 0 Å². The second kappa shape index (κ2) is 6.74. The summed E-state index contributed by atoms with van der Waals surface area (Å²) in [6.45, 7) is 11.7. The normalized spacial score (nSPS) is 23.9. The highest BCUT2D eigenvalue weighted by Gasteiger charge is 2.31. The Bertz CT molecular complexity index is 427. The lowest BCUT2D eigenvalue weighted by Crippen LogP contribution is -2.34. The van der Waals surface area contributed by atoms with Gasteiger partial charge < -0.3 is 14.6 Å². The number of likely N-dealkylation sites (tertiary alicyclic amines) is 1. The number of aryl methyl sites for hydroxylation is 1. The van der Waals surface area contributed by atoms with Gasteiger partial charge in [0.2, 0.25) is 0 Å². The molecule has 1 aromatic heterocycles. The van der Waals surface area contributed by atoms with Crippen LogP contribution in [0.15, 0.2) is 10.5 Å². The van der Waals surface area contributed by atoms with Crippen molar-refractivity contribution < 1.29 is 4.42 Å². The molecule has 0 bridgehead atoms. The molecule has 2 atom stereocenters.